The van der Waals surface area contributed by atoms with Crippen molar-refractivity contribution in [1.82, 2.24) is 9.88 Å². The highest BCUT2D eigenvalue weighted by molar-refractivity contribution is 7.22. The molecule has 0 spiro atoms. The van der Waals surface area contributed by atoms with Crippen molar-refractivity contribution in [3.8, 4) is 0 Å². The van der Waals surface area contributed by atoms with Crippen LogP contribution >= 0.6 is 11.3 Å². The number of likely N-dealkylation sites (N-methyl/N-ethyl adjacent to an activating group) is 1. The Balaban J connectivity index is 1.88. The number of hydrogen-bond donors (Lipinski definition) is 0. The van der Waals surface area contributed by atoms with E-state index in [4.69, 9.17) is 4.98 Å². The summed E-state index contributed by atoms with van der Waals surface area (Å²) in [6.45, 7) is 5.28. The van der Waals surface area contributed by atoms with Crippen LogP contribution in [-0.2, 0) is 4.79 Å². The van der Waals surface area contributed by atoms with Crippen LogP contribution in [0, 0.1) is 24.0 Å². The van der Waals surface area contributed by atoms with Gasteiger partial charge in [0, 0.05) is 31.3 Å². The Labute approximate surface area is 179 Å². The maximum atomic E-state index is 13.0. The third-order valence-electron chi connectivity index (χ3n) is 4.61. The van der Waals surface area contributed by atoms with Crippen LogP contribution < -0.4 is 4.90 Å². The Morgan fingerprint density at radius 2 is 1.87 bits per heavy atom. The Morgan fingerprint density at radius 1 is 1.17 bits per heavy atom. The van der Waals surface area contributed by atoms with Crippen LogP contribution in [0.1, 0.15) is 16.7 Å². The maximum absolute atomic E-state index is 13.0. The van der Waals surface area contributed by atoms with Gasteiger partial charge in [0.15, 0.2) is 5.13 Å². The minimum absolute atomic E-state index is 0.0197. The number of carbonyl (C=O) groups excluding carboxylic acids is 1. The summed E-state index contributed by atoms with van der Waals surface area (Å²) in [6, 6.07) is 10.3. The predicted molar refractivity (Wildman–Crippen MR) is 122 cm³/mol. The molecule has 8 heteroatoms. The number of thiazole rings is 1. The molecule has 0 aliphatic carbocycles. The molecule has 0 aliphatic rings. The number of amides is 1. The molecule has 1 heterocycles. The van der Waals surface area contributed by atoms with Crippen LogP contribution in [0.2, 0.25) is 0 Å². The minimum atomic E-state index is -0.446. The van der Waals surface area contributed by atoms with E-state index in [0.29, 0.717) is 18.2 Å². The predicted octanol–water partition coefficient (Wildman–Crippen LogP) is 4.43. The zero-order chi connectivity index (χ0) is 21.8. The highest BCUT2D eigenvalue weighted by atomic mass is 32.1. The van der Waals surface area contributed by atoms with Crippen molar-refractivity contribution in [3.05, 3.63) is 69.3 Å². The molecule has 0 aliphatic heterocycles. The van der Waals surface area contributed by atoms with Crippen LogP contribution in [0.5, 0.6) is 0 Å². The van der Waals surface area contributed by atoms with Crippen LogP contribution in [0.3, 0.4) is 0 Å². The molecule has 0 fully saturated rings. The third kappa shape index (κ3) is 5.08. The number of nitro benzene ring substituents is 1. The molecule has 3 rings (SSSR count). The van der Waals surface area contributed by atoms with Crippen LogP contribution in [0.15, 0.2) is 42.5 Å². The number of aromatic nitrogens is 1. The second-order valence-electron chi connectivity index (χ2n) is 7.40. The summed E-state index contributed by atoms with van der Waals surface area (Å²) in [6.07, 6.45) is 3.15. The van der Waals surface area contributed by atoms with E-state index >= 15 is 0 Å². The number of fused-ring (bicyclic) bond motifs is 1. The summed E-state index contributed by atoms with van der Waals surface area (Å²) in [5, 5.41) is 11.5. The number of nitrogens with zero attached hydrogens (tertiary/aromatic N) is 4. The van der Waals surface area contributed by atoms with E-state index < -0.39 is 4.92 Å². The van der Waals surface area contributed by atoms with Crippen molar-refractivity contribution in [3.63, 3.8) is 0 Å². The van der Waals surface area contributed by atoms with Crippen molar-refractivity contribution in [2.75, 3.05) is 32.1 Å². The summed E-state index contributed by atoms with van der Waals surface area (Å²) in [5.74, 6) is -0.177. The lowest BCUT2D eigenvalue weighted by atomic mass is 10.1. The highest BCUT2D eigenvalue weighted by Crippen LogP contribution is 2.32. The Kier molecular flexibility index (Phi) is 6.59. The topological polar surface area (TPSA) is 79.6 Å². The monoisotopic (exact) mass is 424 g/mol. The number of carbonyl (C=O) groups is 1. The first-order valence-electron chi connectivity index (χ1n) is 9.51. The summed E-state index contributed by atoms with van der Waals surface area (Å²) in [7, 11) is 3.92. The lowest BCUT2D eigenvalue weighted by Crippen LogP contribution is -2.35. The summed E-state index contributed by atoms with van der Waals surface area (Å²) < 4.78 is 1.06. The molecular formula is C22H24N4O3S. The SMILES string of the molecule is Cc1cc(C)c2nc(N(CCN(C)C)C(=O)C=Cc3ccc([N+](=O)[O-])cc3)sc2c1. The number of non-ortho nitro benzene ring substituents is 1. The molecule has 3 aromatic rings. The maximum Gasteiger partial charge on any atom is 0.269 e. The zero-order valence-electron chi connectivity index (χ0n) is 17.5. The zero-order valence-corrected chi connectivity index (χ0v) is 18.3. The Hall–Kier alpha value is -3.10. The number of rotatable bonds is 7. The van der Waals surface area contributed by atoms with Gasteiger partial charge in [-0.2, -0.15) is 0 Å². The molecular weight excluding hydrogens is 400 g/mol. The Bertz CT molecular complexity index is 1100. The lowest BCUT2D eigenvalue weighted by Gasteiger charge is -2.20. The first-order valence-corrected chi connectivity index (χ1v) is 10.3. The second-order valence-corrected chi connectivity index (χ2v) is 8.41. The molecule has 0 saturated heterocycles. The van der Waals surface area contributed by atoms with Gasteiger partial charge >= 0.3 is 0 Å². The van der Waals surface area contributed by atoms with Crippen molar-refractivity contribution in [2.24, 2.45) is 0 Å². The van der Waals surface area contributed by atoms with Crippen molar-refractivity contribution in [2.45, 2.75) is 13.8 Å². The van der Waals surface area contributed by atoms with Crippen molar-refractivity contribution < 1.29 is 9.72 Å². The molecule has 7 nitrogen and oxygen atoms in total. The van der Waals surface area contributed by atoms with E-state index in [0.717, 1.165) is 21.3 Å². The smallest absolute Gasteiger partial charge is 0.269 e. The molecule has 0 saturated carbocycles. The fourth-order valence-corrected chi connectivity index (χ4v) is 4.21. The van der Waals surface area contributed by atoms with Crippen LogP contribution in [-0.4, -0.2) is 47.9 Å². The normalized spacial score (nSPS) is 11.5. The molecule has 0 atom stereocenters. The van der Waals surface area contributed by atoms with Gasteiger partial charge in [0.25, 0.3) is 11.6 Å². The fraction of sp³-hybridized carbons (Fsp3) is 0.273. The number of benzene rings is 2. The first kappa shape index (κ1) is 21.6. The fourth-order valence-electron chi connectivity index (χ4n) is 3.04. The molecule has 1 aromatic heterocycles. The van der Waals surface area contributed by atoms with Crippen LogP contribution in [0.4, 0.5) is 10.8 Å². The summed E-state index contributed by atoms with van der Waals surface area (Å²) in [4.78, 5) is 31.8. The molecule has 30 heavy (non-hydrogen) atoms. The van der Waals surface area contributed by atoms with Gasteiger partial charge in [-0.3, -0.25) is 19.8 Å². The average molecular weight is 425 g/mol. The molecule has 0 N–H and O–H groups in total. The first-order chi connectivity index (χ1) is 14.2. The van der Waals surface area contributed by atoms with E-state index in [1.165, 1.54) is 35.1 Å². The van der Waals surface area contributed by atoms with Gasteiger partial charge in [-0.15, -0.1) is 0 Å². The standard InChI is InChI=1S/C22H24N4O3S/c1-15-13-16(2)21-19(14-15)30-22(23-21)25(12-11-24(3)4)20(27)10-7-17-5-8-18(9-6-17)26(28)29/h5-10,13-14H,11-12H2,1-4H3. The summed E-state index contributed by atoms with van der Waals surface area (Å²) >= 11 is 1.51. The third-order valence-corrected chi connectivity index (χ3v) is 5.63. The summed E-state index contributed by atoms with van der Waals surface area (Å²) in [5.41, 5.74) is 3.92. The highest BCUT2D eigenvalue weighted by Gasteiger charge is 2.19. The van der Waals surface area contributed by atoms with Crippen molar-refractivity contribution in [1.29, 1.82) is 0 Å². The number of nitro groups is 1. The van der Waals surface area contributed by atoms with E-state index in [1.807, 2.05) is 32.8 Å². The van der Waals surface area contributed by atoms with Gasteiger partial charge in [0.1, 0.15) is 0 Å². The number of hydrogen-bond acceptors (Lipinski definition) is 6. The largest absolute Gasteiger partial charge is 0.308 e. The second kappa shape index (κ2) is 9.15. The minimum Gasteiger partial charge on any atom is -0.308 e. The van der Waals surface area contributed by atoms with Gasteiger partial charge < -0.3 is 4.90 Å². The Morgan fingerprint density at radius 3 is 2.50 bits per heavy atom. The van der Waals surface area contributed by atoms with Gasteiger partial charge in [-0.05, 0) is 68.9 Å². The van der Waals surface area contributed by atoms with Crippen molar-refractivity contribution >= 4 is 44.4 Å². The van der Waals surface area contributed by atoms with Gasteiger partial charge in [0.05, 0.1) is 15.1 Å². The molecule has 156 valence electrons. The van der Waals surface area contributed by atoms with Gasteiger partial charge in [-0.1, -0.05) is 17.4 Å². The van der Waals surface area contributed by atoms with E-state index in [9.17, 15) is 14.9 Å². The molecule has 1 amide bonds. The number of aryl methyl sites for hydroxylation is 2. The van der Waals surface area contributed by atoms with Gasteiger partial charge in [-0.25, -0.2) is 4.98 Å². The molecule has 0 bridgehead atoms. The quantitative estimate of drug-likeness (QED) is 0.318. The number of anilines is 1. The molecule has 0 unspecified atom stereocenters. The molecule has 0 radical (unpaired) electrons. The van der Waals surface area contributed by atoms with E-state index in [1.54, 1.807) is 23.1 Å². The molecule has 2 aromatic carbocycles. The average Bonchev–Trinajstić information content (AvgIpc) is 3.10. The lowest BCUT2D eigenvalue weighted by molar-refractivity contribution is -0.384. The van der Waals surface area contributed by atoms with Crippen LogP contribution in [0.25, 0.3) is 16.3 Å². The van der Waals surface area contributed by atoms with Gasteiger partial charge in [0.2, 0.25) is 0 Å². The van der Waals surface area contributed by atoms with E-state index in [2.05, 4.69) is 12.1 Å². The van der Waals surface area contributed by atoms with E-state index in [-0.39, 0.29) is 11.6 Å².